The Morgan fingerprint density at radius 3 is 2.55 bits per heavy atom. The number of esters is 1. The standard InChI is InChI=1S/C18H24O2/c1-4-5-6-8-11-15(2)16(3)20-18(19)14-17-12-9-7-10-13-17/h4-5,7,9-10,12-13H,6,8,11,14H2,1-3H3/b5-4+,16-15+. The summed E-state index contributed by atoms with van der Waals surface area (Å²) in [4.78, 5) is 11.8. The Hall–Kier alpha value is -1.83. The van der Waals surface area contributed by atoms with Gasteiger partial charge in [0, 0.05) is 0 Å². The number of hydrogen-bond acceptors (Lipinski definition) is 2. The molecule has 0 saturated carbocycles. The van der Waals surface area contributed by atoms with Crippen LogP contribution in [0, 0.1) is 0 Å². The zero-order chi connectivity index (χ0) is 14.8. The van der Waals surface area contributed by atoms with Crippen LogP contribution in [0.3, 0.4) is 0 Å². The van der Waals surface area contributed by atoms with Crippen LogP contribution in [-0.2, 0) is 16.0 Å². The van der Waals surface area contributed by atoms with Gasteiger partial charge in [0.05, 0.1) is 6.42 Å². The minimum Gasteiger partial charge on any atom is -0.431 e. The van der Waals surface area contributed by atoms with E-state index in [-0.39, 0.29) is 5.97 Å². The summed E-state index contributed by atoms with van der Waals surface area (Å²) < 4.78 is 5.40. The summed E-state index contributed by atoms with van der Waals surface area (Å²) in [5.41, 5.74) is 2.13. The number of benzene rings is 1. The normalized spacial score (nSPS) is 12.3. The van der Waals surface area contributed by atoms with Gasteiger partial charge < -0.3 is 4.74 Å². The Morgan fingerprint density at radius 2 is 1.90 bits per heavy atom. The predicted octanol–water partition coefficient (Wildman–Crippen LogP) is 4.81. The molecule has 0 unspecified atom stereocenters. The number of carbonyl (C=O) groups excluding carboxylic acids is 1. The lowest BCUT2D eigenvalue weighted by atomic mass is 10.1. The van der Waals surface area contributed by atoms with E-state index in [1.165, 1.54) is 0 Å². The Kier molecular flexibility index (Phi) is 7.41. The first kappa shape index (κ1) is 16.2. The molecule has 0 aliphatic heterocycles. The molecule has 2 heteroatoms. The Bertz CT molecular complexity index is 469. The van der Waals surface area contributed by atoms with Gasteiger partial charge in [-0.1, -0.05) is 42.5 Å². The SMILES string of the molecule is C/C=C/CCC/C(C)=C(\C)OC(=O)Cc1ccccc1. The molecule has 0 aliphatic carbocycles. The molecule has 0 fully saturated rings. The zero-order valence-corrected chi connectivity index (χ0v) is 12.7. The summed E-state index contributed by atoms with van der Waals surface area (Å²) in [5.74, 6) is 0.549. The molecular formula is C18H24O2. The summed E-state index contributed by atoms with van der Waals surface area (Å²) in [7, 11) is 0. The smallest absolute Gasteiger partial charge is 0.315 e. The van der Waals surface area contributed by atoms with Gasteiger partial charge in [0.2, 0.25) is 0 Å². The molecule has 0 atom stereocenters. The van der Waals surface area contributed by atoms with Crippen LogP contribution < -0.4 is 0 Å². The molecule has 1 aromatic rings. The van der Waals surface area contributed by atoms with Crippen molar-refractivity contribution in [2.24, 2.45) is 0 Å². The van der Waals surface area contributed by atoms with Gasteiger partial charge >= 0.3 is 5.97 Å². The van der Waals surface area contributed by atoms with Crippen LogP contribution in [0.5, 0.6) is 0 Å². The predicted molar refractivity (Wildman–Crippen MR) is 83.3 cm³/mol. The number of hydrogen-bond donors (Lipinski definition) is 0. The van der Waals surface area contributed by atoms with Crippen LogP contribution in [0.15, 0.2) is 53.8 Å². The highest BCUT2D eigenvalue weighted by Crippen LogP contribution is 2.14. The molecule has 1 rings (SSSR count). The lowest BCUT2D eigenvalue weighted by Gasteiger charge is -2.08. The van der Waals surface area contributed by atoms with E-state index in [0.717, 1.165) is 36.2 Å². The maximum atomic E-state index is 11.8. The average Bonchev–Trinajstić information content (AvgIpc) is 2.44. The van der Waals surface area contributed by atoms with Crippen LogP contribution >= 0.6 is 0 Å². The van der Waals surface area contributed by atoms with Crippen molar-refractivity contribution in [1.82, 2.24) is 0 Å². The minimum absolute atomic E-state index is 0.193. The van der Waals surface area contributed by atoms with Crippen molar-refractivity contribution >= 4 is 5.97 Å². The molecule has 0 saturated heterocycles. The number of carbonyl (C=O) groups is 1. The van der Waals surface area contributed by atoms with Crippen LogP contribution in [0.1, 0.15) is 45.6 Å². The minimum atomic E-state index is -0.193. The second-order valence-electron chi connectivity index (χ2n) is 4.93. The molecular weight excluding hydrogens is 248 g/mol. The van der Waals surface area contributed by atoms with Crippen molar-refractivity contribution in [3.8, 4) is 0 Å². The van der Waals surface area contributed by atoms with E-state index in [4.69, 9.17) is 4.74 Å². The van der Waals surface area contributed by atoms with Crippen LogP contribution in [0.2, 0.25) is 0 Å². The van der Waals surface area contributed by atoms with Gasteiger partial charge in [-0.05, 0) is 51.2 Å². The van der Waals surface area contributed by atoms with Gasteiger partial charge in [0.1, 0.15) is 5.76 Å². The average molecular weight is 272 g/mol. The monoisotopic (exact) mass is 272 g/mol. The summed E-state index contributed by atoms with van der Waals surface area (Å²) >= 11 is 0. The van der Waals surface area contributed by atoms with Crippen LogP contribution in [0.4, 0.5) is 0 Å². The fraction of sp³-hybridized carbons (Fsp3) is 0.389. The first-order valence-corrected chi connectivity index (χ1v) is 7.15. The highest BCUT2D eigenvalue weighted by molar-refractivity contribution is 5.73. The van der Waals surface area contributed by atoms with Gasteiger partial charge in [0.25, 0.3) is 0 Å². The van der Waals surface area contributed by atoms with E-state index < -0.39 is 0 Å². The summed E-state index contributed by atoms with van der Waals surface area (Å²) in [6.07, 6.45) is 7.66. The van der Waals surface area contributed by atoms with Gasteiger partial charge in [-0.25, -0.2) is 0 Å². The van der Waals surface area contributed by atoms with Crippen molar-refractivity contribution in [2.75, 3.05) is 0 Å². The third kappa shape index (κ3) is 6.37. The van der Waals surface area contributed by atoms with Crippen molar-refractivity contribution in [2.45, 2.75) is 46.5 Å². The third-order valence-electron chi connectivity index (χ3n) is 3.22. The molecule has 2 nitrogen and oxygen atoms in total. The maximum Gasteiger partial charge on any atom is 0.315 e. The molecule has 0 bridgehead atoms. The largest absolute Gasteiger partial charge is 0.431 e. The number of ether oxygens (including phenoxy) is 1. The number of unbranched alkanes of at least 4 members (excludes halogenated alkanes) is 1. The van der Waals surface area contributed by atoms with Crippen molar-refractivity contribution in [1.29, 1.82) is 0 Å². The number of allylic oxidation sites excluding steroid dienone is 4. The second-order valence-corrected chi connectivity index (χ2v) is 4.93. The topological polar surface area (TPSA) is 26.3 Å². The fourth-order valence-corrected chi connectivity index (χ4v) is 1.88. The quantitative estimate of drug-likeness (QED) is 0.308. The lowest BCUT2D eigenvalue weighted by molar-refractivity contribution is -0.138. The molecule has 1 aromatic carbocycles. The maximum absolute atomic E-state index is 11.8. The van der Waals surface area contributed by atoms with Crippen LogP contribution in [0.25, 0.3) is 0 Å². The summed E-state index contributed by atoms with van der Waals surface area (Å²) in [6, 6.07) is 9.67. The Labute approximate surface area is 122 Å². The van der Waals surface area contributed by atoms with Crippen molar-refractivity contribution in [3.63, 3.8) is 0 Å². The molecule has 0 aromatic heterocycles. The molecule has 108 valence electrons. The second kappa shape index (κ2) is 9.13. The first-order chi connectivity index (χ1) is 9.63. The van der Waals surface area contributed by atoms with Crippen molar-refractivity contribution < 1.29 is 9.53 Å². The van der Waals surface area contributed by atoms with E-state index in [1.54, 1.807) is 0 Å². The van der Waals surface area contributed by atoms with Gasteiger partial charge in [-0.2, -0.15) is 0 Å². The van der Waals surface area contributed by atoms with Crippen LogP contribution in [-0.4, -0.2) is 5.97 Å². The molecule has 0 heterocycles. The Balaban J connectivity index is 2.43. The molecule has 0 spiro atoms. The van der Waals surface area contributed by atoms with Gasteiger partial charge in [0.15, 0.2) is 0 Å². The van der Waals surface area contributed by atoms with E-state index >= 15 is 0 Å². The Morgan fingerprint density at radius 1 is 1.20 bits per heavy atom. The van der Waals surface area contributed by atoms with E-state index in [0.29, 0.717) is 6.42 Å². The summed E-state index contributed by atoms with van der Waals surface area (Å²) in [5, 5.41) is 0. The lowest BCUT2D eigenvalue weighted by Crippen LogP contribution is -2.07. The van der Waals surface area contributed by atoms with E-state index in [1.807, 2.05) is 51.1 Å². The zero-order valence-electron chi connectivity index (χ0n) is 12.7. The molecule has 0 amide bonds. The van der Waals surface area contributed by atoms with Crippen molar-refractivity contribution in [3.05, 3.63) is 59.4 Å². The van der Waals surface area contributed by atoms with Gasteiger partial charge in [-0.15, -0.1) is 0 Å². The third-order valence-corrected chi connectivity index (χ3v) is 3.22. The fourth-order valence-electron chi connectivity index (χ4n) is 1.88. The summed E-state index contributed by atoms with van der Waals surface area (Å²) in [6.45, 7) is 5.92. The first-order valence-electron chi connectivity index (χ1n) is 7.15. The van der Waals surface area contributed by atoms with E-state index in [9.17, 15) is 4.79 Å². The highest BCUT2D eigenvalue weighted by atomic mass is 16.5. The molecule has 0 N–H and O–H groups in total. The number of rotatable bonds is 7. The van der Waals surface area contributed by atoms with E-state index in [2.05, 4.69) is 12.2 Å². The molecule has 0 radical (unpaired) electrons. The van der Waals surface area contributed by atoms with Gasteiger partial charge in [-0.3, -0.25) is 4.79 Å². The highest BCUT2D eigenvalue weighted by Gasteiger charge is 2.07. The molecule has 20 heavy (non-hydrogen) atoms. The molecule has 0 aliphatic rings.